The Morgan fingerprint density at radius 3 is 2.42 bits per heavy atom. The maximum atomic E-state index is 12.4. The largest absolute Gasteiger partial charge is 0.486 e. The van der Waals surface area contributed by atoms with E-state index in [1.165, 1.54) is 0 Å². The van der Waals surface area contributed by atoms with Crippen molar-refractivity contribution < 1.29 is 23.9 Å². The van der Waals surface area contributed by atoms with Crippen LogP contribution in [0, 0.1) is 11.8 Å². The number of imide groups is 1. The Morgan fingerprint density at radius 1 is 1.08 bits per heavy atom. The number of ether oxygens (including phenoxy) is 2. The van der Waals surface area contributed by atoms with E-state index in [2.05, 4.69) is 5.32 Å². The maximum absolute atomic E-state index is 12.4. The van der Waals surface area contributed by atoms with Gasteiger partial charge in [-0.3, -0.25) is 19.3 Å². The number of amides is 3. The third-order valence-electron chi connectivity index (χ3n) is 5.33. The lowest BCUT2D eigenvalue weighted by molar-refractivity contribution is -0.143. The highest BCUT2D eigenvalue weighted by Crippen LogP contribution is 2.37. The molecule has 1 saturated carbocycles. The molecule has 26 heavy (non-hydrogen) atoms. The van der Waals surface area contributed by atoms with Crippen LogP contribution in [-0.2, 0) is 14.4 Å². The molecule has 2 heterocycles. The fraction of sp³-hybridized carbons (Fsp3) is 0.526. The van der Waals surface area contributed by atoms with Gasteiger partial charge in [-0.05, 0) is 25.0 Å². The molecule has 0 bridgehead atoms. The van der Waals surface area contributed by atoms with Gasteiger partial charge in [-0.25, -0.2) is 0 Å². The van der Waals surface area contributed by atoms with Crippen LogP contribution in [0.3, 0.4) is 0 Å². The van der Waals surface area contributed by atoms with Gasteiger partial charge in [0, 0.05) is 0 Å². The number of carbonyl (C=O) groups is 3. The summed E-state index contributed by atoms with van der Waals surface area (Å²) in [6, 6.07) is 7.36. The monoisotopic (exact) mass is 358 g/mol. The smallest absolute Gasteiger partial charge is 0.240 e. The second kappa shape index (κ2) is 6.97. The topological polar surface area (TPSA) is 84.9 Å². The summed E-state index contributed by atoms with van der Waals surface area (Å²) in [5, 5.41) is 2.74. The van der Waals surface area contributed by atoms with Crippen molar-refractivity contribution in [1.82, 2.24) is 10.2 Å². The number of hydrogen-bond acceptors (Lipinski definition) is 5. The van der Waals surface area contributed by atoms with Gasteiger partial charge >= 0.3 is 0 Å². The number of nitrogens with one attached hydrogen (secondary N) is 1. The zero-order valence-electron chi connectivity index (χ0n) is 14.5. The Bertz CT molecular complexity index is 710. The van der Waals surface area contributed by atoms with Crippen molar-refractivity contribution in [2.24, 2.45) is 11.8 Å². The minimum Gasteiger partial charge on any atom is -0.486 e. The van der Waals surface area contributed by atoms with Crippen LogP contribution < -0.4 is 14.8 Å². The van der Waals surface area contributed by atoms with Crippen LogP contribution in [0.5, 0.6) is 11.5 Å². The van der Waals surface area contributed by atoms with Crippen LogP contribution in [0.2, 0.25) is 0 Å². The average Bonchev–Trinajstić information content (AvgIpc) is 2.91. The van der Waals surface area contributed by atoms with Crippen LogP contribution in [0.4, 0.5) is 0 Å². The van der Waals surface area contributed by atoms with Crippen LogP contribution in [0.1, 0.15) is 25.7 Å². The van der Waals surface area contributed by atoms with Gasteiger partial charge in [-0.15, -0.1) is 0 Å². The molecule has 1 aromatic carbocycles. The third kappa shape index (κ3) is 3.13. The third-order valence-corrected chi connectivity index (χ3v) is 5.33. The Labute approximate surface area is 151 Å². The van der Waals surface area contributed by atoms with Crippen molar-refractivity contribution in [3.05, 3.63) is 24.3 Å². The second-order valence-corrected chi connectivity index (χ2v) is 7.06. The maximum Gasteiger partial charge on any atom is 0.240 e. The van der Waals surface area contributed by atoms with Gasteiger partial charge in [-0.1, -0.05) is 25.0 Å². The Balaban J connectivity index is 1.29. The molecular weight excluding hydrogens is 336 g/mol. The normalized spacial score (nSPS) is 27.2. The minimum absolute atomic E-state index is 0.193. The standard InChI is InChI=1S/C19H22N2O5/c22-17(10-21-18(23)13-5-1-2-6-14(13)19(21)24)20-9-12-11-25-15-7-3-4-8-16(15)26-12/h3-4,7-8,12-14H,1-2,5-6,9-11H2,(H,20,22). The average molecular weight is 358 g/mol. The van der Waals surface area contributed by atoms with Crippen molar-refractivity contribution in [3.63, 3.8) is 0 Å². The zero-order chi connectivity index (χ0) is 18.1. The highest BCUT2D eigenvalue weighted by atomic mass is 16.6. The molecule has 138 valence electrons. The summed E-state index contributed by atoms with van der Waals surface area (Å²) < 4.78 is 11.4. The molecule has 4 rings (SSSR count). The van der Waals surface area contributed by atoms with Crippen LogP contribution in [-0.4, -0.2) is 48.4 Å². The minimum atomic E-state index is -0.354. The molecular formula is C19H22N2O5. The molecule has 2 aliphatic heterocycles. The quantitative estimate of drug-likeness (QED) is 0.816. The van der Waals surface area contributed by atoms with Crippen molar-refractivity contribution >= 4 is 17.7 Å². The fourth-order valence-electron chi connectivity index (χ4n) is 3.98. The predicted octanol–water partition coefficient (Wildman–Crippen LogP) is 1.12. The molecule has 7 nitrogen and oxygen atoms in total. The van der Waals surface area contributed by atoms with Crippen molar-refractivity contribution in [2.75, 3.05) is 19.7 Å². The molecule has 7 heteroatoms. The number of rotatable bonds is 4. The summed E-state index contributed by atoms with van der Waals surface area (Å²) in [7, 11) is 0. The lowest BCUT2D eigenvalue weighted by Crippen LogP contribution is -2.45. The first-order valence-corrected chi connectivity index (χ1v) is 9.14. The molecule has 3 aliphatic rings. The number of para-hydroxylation sites is 2. The number of fused-ring (bicyclic) bond motifs is 2. The fourth-order valence-corrected chi connectivity index (χ4v) is 3.98. The van der Waals surface area contributed by atoms with Gasteiger partial charge in [0.05, 0.1) is 18.4 Å². The van der Waals surface area contributed by atoms with E-state index >= 15 is 0 Å². The van der Waals surface area contributed by atoms with E-state index in [-0.39, 0.29) is 48.8 Å². The summed E-state index contributed by atoms with van der Waals surface area (Å²) in [6.45, 7) is 0.383. The Morgan fingerprint density at radius 2 is 1.73 bits per heavy atom. The van der Waals surface area contributed by atoms with Gasteiger partial charge in [-0.2, -0.15) is 0 Å². The first-order valence-electron chi connectivity index (χ1n) is 9.14. The van der Waals surface area contributed by atoms with E-state index < -0.39 is 0 Å². The molecule has 1 aromatic rings. The number of nitrogens with zero attached hydrogens (tertiary/aromatic N) is 1. The van der Waals surface area contributed by atoms with Gasteiger partial charge in [0.15, 0.2) is 11.5 Å². The number of likely N-dealkylation sites (tertiary alicyclic amines) is 1. The summed E-state index contributed by atoms with van der Waals surface area (Å²) >= 11 is 0. The van der Waals surface area contributed by atoms with E-state index in [9.17, 15) is 14.4 Å². The first kappa shape index (κ1) is 16.9. The predicted molar refractivity (Wildman–Crippen MR) is 91.5 cm³/mol. The Kier molecular flexibility index (Phi) is 4.53. The lowest BCUT2D eigenvalue weighted by atomic mass is 9.81. The van der Waals surface area contributed by atoms with E-state index in [4.69, 9.17) is 9.47 Å². The molecule has 1 aliphatic carbocycles. The number of hydrogen-bond donors (Lipinski definition) is 1. The summed E-state index contributed by atoms with van der Waals surface area (Å²) in [5.74, 6) is 0.138. The highest BCUT2D eigenvalue weighted by Gasteiger charge is 2.48. The Hall–Kier alpha value is -2.57. The molecule has 3 atom stereocenters. The molecule has 1 N–H and O–H groups in total. The SMILES string of the molecule is O=C(CN1C(=O)C2CCCCC2C1=O)NCC1COc2ccccc2O1. The summed E-state index contributed by atoms with van der Waals surface area (Å²) in [6.07, 6.45) is 3.14. The molecule has 1 saturated heterocycles. The molecule has 3 amide bonds. The van der Waals surface area contributed by atoms with E-state index in [1.807, 2.05) is 24.3 Å². The highest BCUT2D eigenvalue weighted by molar-refractivity contribution is 6.07. The van der Waals surface area contributed by atoms with Gasteiger partial charge in [0.1, 0.15) is 19.3 Å². The molecule has 0 spiro atoms. The van der Waals surface area contributed by atoms with Crippen LogP contribution in [0.25, 0.3) is 0 Å². The molecule has 0 radical (unpaired) electrons. The van der Waals surface area contributed by atoms with Crippen LogP contribution in [0.15, 0.2) is 24.3 Å². The van der Waals surface area contributed by atoms with Gasteiger partial charge in [0.2, 0.25) is 17.7 Å². The lowest BCUT2D eigenvalue weighted by Gasteiger charge is -2.26. The van der Waals surface area contributed by atoms with Gasteiger partial charge < -0.3 is 14.8 Å². The van der Waals surface area contributed by atoms with Crippen molar-refractivity contribution in [1.29, 1.82) is 0 Å². The van der Waals surface area contributed by atoms with Crippen LogP contribution >= 0.6 is 0 Å². The zero-order valence-corrected chi connectivity index (χ0v) is 14.5. The first-order chi connectivity index (χ1) is 12.6. The molecule has 3 unspecified atom stereocenters. The van der Waals surface area contributed by atoms with E-state index in [0.29, 0.717) is 18.1 Å². The number of benzene rings is 1. The summed E-state index contributed by atoms with van der Waals surface area (Å²) in [4.78, 5) is 38.2. The van der Waals surface area contributed by atoms with E-state index in [1.54, 1.807) is 0 Å². The van der Waals surface area contributed by atoms with Gasteiger partial charge in [0.25, 0.3) is 0 Å². The molecule has 2 fully saturated rings. The summed E-state index contributed by atoms with van der Waals surface area (Å²) in [5.41, 5.74) is 0. The van der Waals surface area contributed by atoms with Crippen molar-refractivity contribution in [3.8, 4) is 11.5 Å². The van der Waals surface area contributed by atoms with E-state index in [0.717, 1.165) is 30.6 Å². The number of carbonyl (C=O) groups excluding carboxylic acids is 3. The van der Waals surface area contributed by atoms with Crippen molar-refractivity contribution in [2.45, 2.75) is 31.8 Å². The molecule has 0 aromatic heterocycles. The second-order valence-electron chi connectivity index (χ2n) is 7.06.